The SMILES string of the molecule is COc1cc2c(cc1OC)CN(C(=O)c1ccc(N)cc1Cl)CC2. The lowest BCUT2D eigenvalue weighted by atomic mass is 9.98. The fourth-order valence-electron chi connectivity index (χ4n) is 2.93. The largest absolute Gasteiger partial charge is 0.493 e. The number of amides is 1. The number of anilines is 1. The summed E-state index contributed by atoms with van der Waals surface area (Å²) in [5.41, 5.74) is 8.92. The number of hydrogen-bond donors (Lipinski definition) is 1. The van der Waals surface area contributed by atoms with E-state index in [9.17, 15) is 4.79 Å². The lowest BCUT2D eigenvalue weighted by molar-refractivity contribution is 0.0734. The number of hydrogen-bond acceptors (Lipinski definition) is 4. The molecule has 1 aliphatic heterocycles. The minimum Gasteiger partial charge on any atom is -0.493 e. The minimum atomic E-state index is -0.0968. The second-order valence-corrected chi connectivity index (χ2v) is 6.10. The van der Waals surface area contributed by atoms with Gasteiger partial charge in [-0.1, -0.05) is 11.6 Å². The van der Waals surface area contributed by atoms with E-state index in [1.807, 2.05) is 12.1 Å². The Balaban J connectivity index is 1.88. The predicted molar refractivity (Wildman–Crippen MR) is 93.9 cm³/mol. The third-order valence-corrected chi connectivity index (χ3v) is 4.54. The Labute approximate surface area is 145 Å². The monoisotopic (exact) mass is 346 g/mol. The lowest BCUT2D eigenvalue weighted by Crippen LogP contribution is -2.36. The van der Waals surface area contributed by atoms with Crippen molar-refractivity contribution in [3.8, 4) is 11.5 Å². The molecule has 0 unspecified atom stereocenters. The van der Waals surface area contributed by atoms with Gasteiger partial charge >= 0.3 is 0 Å². The zero-order chi connectivity index (χ0) is 17.3. The standard InChI is InChI=1S/C18H19ClN2O3/c1-23-16-7-11-5-6-21(10-12(11)8-17(16)24-2)18(22)14-4-3-13(20)9-15(14)19/h3-4,7-9H,5-6,10,20H2,1-2H3. The number of methoxy groups -OCH3 is 2. The van der Waals surface area contributed by atoms with Gasteiger partial charge in [-0.15, -0.1) is 0 Å². The summed E-state index contributed by atoms with van der Waals surface area (Å²) < 4.78 is 10.7. The van der Waals surface area contributed by atoms with Crippen molar-refractivity contribution in [2.45, 2.75) is 13.0 Å². The molecule has 1 aliphatic rings. The first-order chi connectivity index (χ1) is 11.5. The molecule has 0 radical (unpaired) electrons. The molecule has 3 rings (SSSR count). The van der Waals surface area contributed by atoms with Crippen molar-refractivity contribution in [2.24, 2.45) is 0 Å². The highest BCUT2D eigenvalue weighted by atomic mass is 35.5. The third-order valence-electron chi connectivity index (χ3n) is 4.23. The molecular weight excluding hydrogens is 328 g/mol. The molecule has 2 aromatic carbocycles. The van der Waals surface area contributed by atoms with Gasteiger partial charge in [0.05, 0.1) is 24.8 Å². The van der Waals surface area contributed by atoms with Crippen LogP contribution in [0.2, 0.25) is 5.02 Å². The fourth-order valence-corrected chi connectivity index (χ4v) is 3.20. The van der Waals surface area contributed by atoms with Gasteiger partial charge in [0, 0.05) is 18.8 Å². The normalized spacial score (nSPS) is 13.4. The van der Waals surface area contributed by atoms with Gasteiger partial charge in [-0.2, -0.15) is 0 Å². The van der Waals surface area contributed by atoms with Gasteiger partial charge in [0.25, 0.3) is 5.91 Å². The van der Waals surface area contributed by atoms with Crippen LogP contribution in [0.15, 0.2) is 30.3 Å². The number of ether oxygens (including phenoxy) is 2. The Morgan fingerprint density at radius 3 is 2.42 bits per heavy atom. The van der Waals surface area contributed by atoms with E-state index in [1.165, 1.54) is 5.56 Å². The number of nitrogens with zero attached hydrogens (tertiary/aromatic N) is 1. The molecule has 6 heteroatoms. The van der Waals surface area contributed by atoms with Crippen LogP contribution in [-0.4, -0.2) is 31.6 Å². The number of halogens is 1. The van der Waals surface area contributed by atoms with Crippen LogP contribution in [0.3, 0.4) is 0 Å². The molecule has 126 valence electrons. The summed E-state index contributed by atoms with van der Waals surface area (Å²) in [5, 5.41) is 0.373. The summed E-state index contributed by atoms with van der Waals surface area (Å²) >= 11 is 6.17. The third kappa shape index (κ3) is 2.99. The molecular formula is C18H19ClN2O3. The van der Waals surface area contributed by atoms with Gasteiger partial charge in [-0.25, -0.2) is 0 Å². The van der Waals surface area contributed by atoms with Crippen molar-refractivity contribution in [3.05, 3.63) is 52.0 Å². The average Bonchev–Trinajstić information content (AvgIpc) is 2.59. The Hall–Kier alpha value is -2.40. The second kappa shape index (κ2) is 6.61. The van der Waals surface area contributed by atoms with Crippen LogP contribution in [0.25, 0.3) is 0 Å². The van der Waals surface area contributed by atoms with Crippen molar-refractivity contribution in [1.29, 1.82) is 0 Å². The molecule has 0 fully saturated rings. The van der Waals surface area contributed by atoms with E-state index in [1.54, 1.807) is 37.3 Å². The smallest absolute Gasteiger partial charge is 0.255 e. The van der Waals surface area contributed by atoms with Crippen molar-refractivity contribution in [3.63, 3.8) is 0 Å². The molecule has 24 heavy (non-hydrogen) atoms. The molecule has 0 bridgehead atoms. The molecule has 1 amide bonds. The van der Waals surface area contributed by atoms with E-state index in [0.29, 0.717) is 40.9 Å². The van der Waals surface area contributed by atoms with Crippen molar-refractivity contribution in [1.82, 2.24) is 4.90 Å². The van der Waals surface area contributed by atoms with Crippen molar-refractivity contribution in [2.75, 3.05) is 26.5 Å². The maximum Gasteiger partial charge on any atom is 0.255 e. The molecule has 1 heterocycles. The molecule has 2 N–H and O–H groups in total. The maximum absolute atomic E-state index is 12.8. The number of rotatable bonds is 3. The van der Waals surface area contributed by atoms with Crippen LogP contribution in [0.1, 0.15) is 21.5 Å². The number of benzene rings is 2. The molecule has 0 atom stereocenters. The van der Waals surface area contributed by atoms with Crippen molar-refractivity contribution < 1.29 is 14.3 Å². The highest BCUT2D eigenvalue weighted by Crippen LogP contribution is 2.34. The van der Waals surface area contributed by atoms with Gasteiger partial charge in [0.2, 0.25) is 0 Å². The summed E-state index contributed by atoms with van der Waals surface area (Å²) in [4.78, 5) is 14.5. The number of carbonyl (C=O) groups is 1. The summed E-state index contributed by atoms with van der Waals surface area (Å²) in [6.45, 7) is 1.14. The van der Waals surface area contributed by atoms with E-state index in [2.05, 4.69) is 0 Å². The predicted octanol–water partition coefficient (Wildman–Crippen LogP) is 3.14. The van der Waals surface area contributed by atoms with Crippen LogP contribution in [0, 0.1) is 0 Å². The Morgan fingerprint density at radius 2 is 1.79 bits per heavy atom. The highest BCUT2D eigenvalue weighted by Gasteiger charge is 2.24. The Morgan fingerprint density at radius 1 is 1.12 bits per heavy atom. The summed E-state index contributed by atoms with van der Waals surface area (Å²) in [6, 6.07) is 8.86. The second-order valence-electron chi connectivity index (χ2n) is 5.69. The van der Waals surface area contributed by atoms with Gasteiger partial charge in [-0.3, -0.25) is 4.79 Å². The molecule has 0 aliphatic carbocycles. The molecule has 0 aromatic heterocycles. The van der Waals surface area contributed by atoms with E-state index in [0.717, 1.165) is 12.0 Å². The lowest BCUT2D eigenvalue weighted by Gasteiger charge is -2.30. The topological polar surface area (TPSA) is 64.8 Å². The van der Waals surface area contributed by atoms with E-state index in [4.69, 9.17) is 26.8 Å². The van der Waals surface area contributed by atoms with Crippen molar-refractivity contribution >= 4 is 23.2 Å². The molecule has 0 saturated heterocycles. The number of nitrogen functional groups attached to an aromatic ring is 1. The first kappa shape index (κ1) is 16.5. The zero-order valence-corrected chi connectivity index (χ0v) is 14.4. The minimum absolute atomic E-state index is 0.0968. The fraction of sp³-hybridized carbons (Fsp3) is 0.278. The molecule has 0 spiro atoms. The summed E-state index contributed by atoms with van der Waals surface area (Å²) in [7, 11) is 3.22. The summed E-state index contributed by atoms with van der Waals surface area (Å²) in [6.07, 6.45) is 0.758. The van der Waals surface area contributed by atoms with Crippen LogP contribution < -0.4 is 15.2 Å². The zero-order valence-electron chi connectivity index (χ0n) is 13.6. The van der Waals surface area contributed by atoms with Crippen LogP contribution >= 0.6 is 11.6 Å². The number of fused-ring (bicyclic) bond motifs is 1. The highest BCUT2D eigenvalue weighted by molar-refractivity contribution is 6.34. The van der Waals surface area contributed by atoms with E-state index >= 15 is 0 Å². The first-order valence-electron chi connectivity index (χ1n) is 7.61. The van der Waals surface area contributed by atoms with Crippen LogP contribution in [0.5, 0.6) is 11.5 Å². The quantitative estimate of drug-likeness (QED) is 0.867. The molecule has 5 nitrogen and oxygen atoms in total. The van der Waals surface area contributed by atoms with Gasteiger partial charge in [0.1, 0.15) is 0 Å². The number of carbonyl (C=O) groups excluding carboxylic acids is 1. The van der Waals surface area contributed by atoms with Gasteiger partial charge in [-0.05, 0) is 47.9 Å². The van der Waals surface area contributed by atoms with Gasteiger partial charge in [0.15, 0.2) is 11.5 Å². The van der Waals surface area contributed by atoms with E-state index in [-0.39, 0.29) is 5.91 Å². The first-order valence-corrected chi connectivity index (χ1v) is 7.99. The Kier molecular flexibility index (Phi) is 4.53. The van der Waals surface area contributed by atoms with Crippen LogP contribution in [-0.2, 0) is 13.0 Å². The Bertz CT molecular complexity index is 792. The number of nitrogens with two attached hydrogens (primary N) is 1. The van der Waals surface area contributed by atoms with E-state index < -0.39 is 0 Å². The van der Waals surface area contributed by atoms with Crippen LogP contribution in [0.4, 0.5) is 5.69 Å². The maximum atomic E-state index is 12.8. The summed E-state index contributed by atoms with van der Waals surface area (Å²) in [5.74, 6) is 1.27. The average molecular weight is 347 g/mol. The molecule has 2 aromatic rings. The molecule has 0 saturated carbocycles. The van der Waals surface area contributed by atoms with Gasteiger partial charge < -0.3 is 20.1 Å².